The van der Waals surface area contributed by atoms with Gasteiger partial charge in [0.05, 0.1) is 0 Å². The predicted molar refractivity (Wildman–Crippen MR) is 127 cm³/mol. The molecule has 2 aromatic carbocycles. The van der Waals surface area contributed by atoms with Crippen molar-refractivity contribution in [2.45, 2.75) is 64.5 Å². The third-order valence-electron chi connectivity index (χ3n) is 6.87. The Kier molecular flexibility index (Phi) is 6.82. The summed E-state index contributed by atoms with van der Waals surface area (Å²) in [5.74, 6) is -1.17. The number of carbonyl (C=O) groups excluding carboxylic acids is 1. The third kappa shape index (κ3) is 4.65. The van der Waals surface area contributed by atoms with E-state index < -0.39 is 12.0 Å². The van der Waals surface area contributed by atoms with Gasteiger partial charge in [0.2, 0.25) is 5.91 Å². The number of fused-ring (bicyclic) bond motifs is 3. The highest BCUT2D eigenvalue weighted by molar-refractivity contribution is 5.88. The van der Waals surface area contributed by atoms with Crippen LogP contribution in [-0.4, -0.2) is 39.0 Å². The van der Waals surface area contributed by atoms with Gasteiger partial charge in [0.25, 0.3) is 0 Å². The van der Waals surface area contributed by atoms with Crippen LogP contribution in [0.4, 0.5) is 4.39 Å². The van der Waals surface area contributed by atoms with Crippen LogP contribution < -0.4 is 0 Å². The number of halogens is 1. The van der Waals surface area contributed by atoms with Gasteiger partial charge in [-0.2, -0.15) is 0 Å². The van der Waals surface area contributed by atoms with E-state index in [4.69, 9.17) is 0 Å². The number of aromatic nitrogens is 1. The minimum atomic E-state index is -0.880. The number of carboxylic acids is 1. The largest absolute Gasteiger partial charge is 0.480 e. The molecular weight excluding hydrogens is 419 g/mol. The molecule has 0 bridgehead atoms. The Bertz CT molecular complexity index is 1160. The highest BCUT2D eigenvalue weighted by Crippen LogP contribution is 2.37. The molecule has 4 rings (SSSR count). The summed E-state index contributed by atoms with van der Waals surface area (Å²) in [6, 6.07) is 14.2. The molecule has 3 aromatic rings. The van der Waals surface area contributed by atoms with Crippen molar-refractivity contribution in [1.82, 2.24) is 9.47 Å². The molecular formula is C27H31FN2O3. The van der Waals surface area contributed by atoms with Crippen molar-refractivity contribution in [1.29, 1.82) is 0 Å². The van der Waals surface area contributed by atoms with Gasteiger partial charge in [-0.25, -0.2) is 9.18 Å². The van der Waals surface area contributed by atoms with E-state index in [1.54, 1.807) is 13.0 Å². The minimum absolute atomic E-state index is 0.0259. The van der Waals surface area contributed by atoms with E-state index in [2.05, 4.69) is 12.1 Å². The van der Waals surface area contributed by atoms with Gasteiger partial charge in [0.15, 0.2) is 0 Å². The lowest BCUT2D eigenvalue weighted by Crippen LogP contribution is -2.43. The van der Waals surface area contributed by atoms with Crippen LogP contribution in [0.1, 0.15) is 56.0 Å². The zero-order chi connectivity index (χ0) is 23.5. The number of carbonyl (C=O) groups is 2. The highest BCUT2D eigenvalue weighted by atomic mass is 19.1. The lowest BCUT2D eigenvalue weighted by atomic mass is 9.90. The summed E-state index contributed by atoms with van der Waals surface area (Å²) in [6.07, 6.45) is 4.29. The fraction of sp³-hybridized carbons (Fsp3) is 0.407. The number of benzene rings is 2. The van der Waals surface area contributed by atoms with Gasteiger partial charge in [0.1, 0.15) is 11.9 Å². The van der Waals surface area contributed by atoms with Gasteiger partial charge in [-0.05, 0) is 67.9 Å². The zero-order valence-corrected chi connectivity index (χ0v) is 19.3. The summed E-state index contributed by atoms with van der Waals surface area (Å²) < 4.78 is 16.1. The Morgan fingerprint density at radius 2 is 1.97 bits per heavy atom. The second-order valence-electron chi connectivity index (χ2n) is 8.92. The van der Waals surface area contributed by atoms with Crippen LogP contribution in [0.2, 0.25) is 0 Å². The van der Waals surface area contributed by atoms with Crippen LogP contribution >= 0.6 is 0 Å². The molecule has 0 saturated heterocycles. The molecule has 2 unspecified atom stereocenters. The number of hydrogen-bond acceptors (Lipinski definition) is 2. The number of hydrogen-bond donors (Lipinski definition) is 1. The summed E-state index contributed by atoms with van der Waals surface area (Å²) in [6.45, 7) is 4.14. The van der Waals surface area contributed by atoms with Crippen molar-refractivity contribution < 1.29 is 19.1 Å². The standard InChI is InChI=1S/C27H31FN2O3/c1-3-24(27(32)33)30-25-13-11-20(28)16-22(25)23-17-21(12-14-26(23)30)29(18(2)31)15-7-10-19-8-5-4-6-9-19/h4-6,8-9,11,13,16,21,24H,3,7,10,12,14-15,17H2,1-2H3,(H,32,33). The van der Waals surface area contributed by atoms with Gasteiger partial charge in [0, 0.05) is 36.1 Å². The fourth-order valence-corrected chi connectivity index (χ4v) is 5.33. The molecule has 0 fully saturated rings. The van der Waals surface area contributed by atoms with Crippen molar-refractivity contribution in [2.75, 3.05) is 6.54 Å². The van der Waals surface area contributed by atoms with Gasteiger partial charge in [-0.1, -0.05) is 37.3 Å². The summed E-state index contributed by atoms with van der Waals surface area (Å²) in [7, 11) is 0. The number of aliphatic carboxylic acids is 1. The average Bonchev–Trinajstić information content (AvgIpc) is 3.10. The molecule has 1 aliphatic carbocycles. The molecule has 1 aliphatic rings. The molecule has 0 saturated carbocycles. The maximum Gasteiger partial charge on any atom is 0.326 e. The van der Waals surface area contributed by atoms with Crippen molar-refractivity contribution in [3.8, 4) is 0 Å². The van der Waals surface area contributed by atoms with Crippen LogP contribution in [0.5, 0.6) is 0 Å². The molecule has 174 valence electrons. The van der Waals surface area contributed by atoms with Gasteiger partial charge < -0.3 is 14.6 Å². The number of aryl methyl sites for hydroxylation is 1. The quantitative estimate of drug-likeness (QED) is 0.516. The maximum absolute atomic E-state index is 14.2. The SMILES string of the molecule is CCC(C(=O)O)n1c2c(c3cc(F)ccc31)CC(N(CCCc1ccccc1)C(C)=O)CC2. The van der Waals surface area contributed by atoms with Crippen molar-refractivity contribution in [3.63, 3.8) is 0 Å². The number of nitrogens with zero attached hydrogens (tertiary/aromatic N) is 2. The van der Waals surface area contributed by atoms with Crippen LogP contribution in [0.25, 0.3) is 10.9 Å². The van der Waals surface area contributed by atoms with Gasteiger partial charge >= 0.3 is 5.97 Å². The van der Waals surface area contributed by atoms with Gasteiger partial charge in [-0.3, -0.25) is 4.79 Å². The Labute approximate surface area is 193 Å². The van der Waals surface area contributed by atoms with E-state index in [1.165, 1.54) is 17.7 Å². The Morgan fingerprint density at radius 3 is 2.64 bits per heavy atom. The molecule has 1 aromatic heterocycles. The Balaban J connectivity index is 1.62. The number of rotatable bonds is 8. The predicted octanol–water partition coefficient (Wildman–Crippen LogP) is 5.15. The summed E-state index contributed by atoms with van der Waals surface area (Å²) in [5, 5.41) is 10.6. The molecule has 1 heterocycles. The molecule has 0 spiro atoms. The molecule has 0 radical (unpaired) electrons. The third-order valence-corrected chi connectivity index (χ3v) is 6.87. The molecule has 2 atom stereocenters. The monoisotopic (exact) mass is 450 g/mol. The molecule has 0 aliphatic heterocycles. The minimum Gasteiger partial charge on any atom is -0.480 e. The van der Waals surface area contributed by atoms with Gasteiger partial charge in [-0.15, -0.1) is 0 Å². The first-order valence-corrected chi connectivity index (χ1v) is 11.8. The number of carboxylic acid groups (broad SMARTS) is 1. The first-order valence-electron chi connectivity index (χ1n) is 11.8. The smallest absolute Gasteiger partial charge is 0.326 e. The van der Waals surface area contributed by atoms with Crippen molar-refractivity contribution in [3.05, 3.63) is 71.2 Å². The van der Waals surface area contributed by atoms with Crippen molar-refractivity contribution in [2.24, 2.45) is 0 Å². The second-order valence-corrected chi connectivity index (χ2v) is 8.92. The first-order chi connectivity index (χ1) is 15.9. The normalized spacial score (nSPS) is 16.4. The lowest BCUT2D eigenvalue weighted by molar-refractivity contribution is -0.141. The average molecular weight is 451 g/mol. The van der Waals surface area contributed by atoms with E-state index in [0.717, 1.165) is 41.4 Å². The van der Waals surface area contributed by atoms with Crippen LogP contribution in [0, 0.1) is 5.82 Å². The Morgan fingerprint density at radius 1 is 1.21 bits per heavy atom. The van der Waals surface area contributed by atoms with E-state index >= 15 is 0 Å². The van der Waals surface area contributed by atoms with E-state index in [1.807, 2.05) is 34.6 Å². The fourth-order valence-electron chi connectivity index (χ4n) is 5.33. The maximum atomic E-state index is 14.2. The van der Waals surface area contributed by atoms with E-state index in [0.29, 0.717) is 25.8 Å². The van der Waals surface area contributed by atoms with Crippen LogP contribution in [0.3, 0.4) is 0 Å². The second kappa shape index (κ2) is 9.77. The Hall–Kier alpha value is -3.15. The first kappa shape index (κ1) is 23.0. The molecule has 1 N–H and O–H groups in total. The van der Waals surface area contributed by atoms with Crippen molar-refractivity contribution >= 4 is 22.8 Å². The lowest BCUT2D eigenvalue weighted by Gasteiger charge is -2.35. The molecule has 1 amide bonds. The highest BCUT2D eigenvalue weighted by Gasteiger charge is 2.33. The molecule has 5 nitrogen and oxygen atoms in total. The summed E-state index contributed by atoms with van der Waals surface area (Å²) in [4.78, 5) is 26.5. The van der Waals surface area contributed by atoms with E-state index in [9.17, 15) is 19.1 Å². The molecule has 6 heteroatoms. The van der Waals surface area contributed by atoms with Crippen LogP contribution in [-0.2, 0) is 28.9 Å². The number of amides is 1. The summed E-state index contributed by atoms with van der Waals surface area (Å²) >= 11 is 0. The van der Waals surface area contributed by atoms with Crippen LogP contribution in [0.15, 0.2) is 48.5 Å². The summed E-state index contributed by atoms with van der Waals surface area (Å²) in [5.41, 5.74) is 3.96. The molecule has 33 heavy (non-hydrogen) atoms. The zero-order valence-electron chi connectivity index (χ0n) is 19.3. The van der Waals surface area contributed by atoms with E-state index in [-0.39, 0.29) is 17.8 Å². The topological polar surface area (TPSA) is 62.5 Å².